The van der Waals surface area contributed by atoms with Gasteiger partial charge in [-0.15, -0.1) is 0 Å². The van der Waals surface area contributed by atoms with Crippen LogP contribution in [0.4, 0.5) is 10.6 Å². The Morgan fingerprint density at radius 2 is 1.83 bits per heavy atom. The van der Waals surface area contributed by atoms with Crippen LogP contribution in [-0.2, 0) is 4.74 Å². The fourth-order valence-corrected chi connectivity index (χ4v) is 4.47. The number of fused-ring (bicyclic) bond motifs is 1. The van der Waals surface area contributed by atoms with E-state index in [1.54, 1.807) is 34.0 Å². The van der Waals surface area contributed by atoms with Gasteiger partial charge in [0.05, 0.1) is 12.2 Å². The first kappa shape index (κ1) is 25.0. The zero-order valence-corrected chi connectivity index (χ0v) is 21.5. The number of primary amides is 1. The zero-order valence-electron chi connectivity index (χ0n) is 20.0. The molecule has 1 saturated heterocycles. The lowest BCUT2D eigenvalue weighted by atomic mass is 10.1. The third kappa shape index (κ3) is 5.28. The van der Waals surface area contributed by atoms with Crippen molar-refractivity contribution in [3.63, 3.8) is 0 Å². The molecule has 2 N–H and O–H groups in total. The van der Waals surface area contributed by atoms with Crippen LogP contribution in [-0.4, -0.2) is 68.4 Å². The topological polar surface area (TPSA) is 119 Å². The molecule has 0 radical (unpaired) electrons. The second-order valence-electron chi connectivity index (χ2n) is 9.35. The molecule has 0 aliphatic carbocycles. The Morgan fingerprint density at radius 3 is 2.43 bits per heavy atom. The number of nitrogens with two attached hydrogens (primary N) is 1. The first-order chi connectivity index (χ1) is 16.4. The second kappa shape index (κ2) is 9.50. The predicted molar refractivity (Wildman–Crippen MR) is 134 cm³/mol. The molecule has 4 rings (SSSR count). The number of amides is 2. The summed E-state index contributed by atoms with van der Waals surface area (Å²) >= 11 is 12.5. The van der Waals surface area contributed by atoms with Crippen LogP contribution in [0, 0.1) is 0 Å². The van der Waals surface area contributed by atoms with Gasteiger partial charge in [-0.25, -0.2) is 19.4 Å². The van der Waals surface area contributed by atoms with Crippen molar-refractivity contribution in [3.8, 4) is 0 Å². The molecule has 0 bridgehead atoms. The molecule has 12 heteroatoms. The largest absolute Gasteiger partial charge is 0.444 e. The van der Waals surface area contributed by atoms with Gasteiger partial charge in [-0.05, 0) is 45.4 Å². The molecule has 35 heavy (non-hydrogen) atoms. The van der Waals surface area contributed by atoms with Crippen LogP contribution in [0.25, 0.3) is 11.2 Å². The lowest BCUT2D eigenvalue weighted by Crippen LogP contribution is -2.50. The first-order valence-corrected chi connectivity index (χ1v) is 11.9. The van der Waals surface area contributed by atoms with E-state index >= 15 is 0 Å². The average Bonchev–Trinajstić information content (AvgIpc) is 3.17. The Balaban J connectivity index is 1.63. The van der Waals surface area contributed by atoms with Crippen molar-refractivity contribution in [2.75, 3.05) is 31.1 Å². The lowest BCUT2D eigenvalue weighted by molar-refractivity contribution is 0.0240. The molecule has 1 atom stereocenters. The van der Waals surface area contributed by atoms with E-state index < -0.39 is 11.5 Å². The van der Waals surface area contributed by atoms with Gasteiger partial charge in [0.2, 0.25) is 0 Å². The molecular formula is C23H27Cl2N7O3. The van der Waals surface area contributed by atoms with Crippen LogP contribution in [0.1, 0.15) is 49.8 Å². The summed E-state index contributed by atoms with van der Waals surface area (Å²) in [5.41, 5.74) is 6.52. The van der Waals surface area contributed by atoms with Gasteiger partial charge < -0.3 is 20.3 Å². The molecule has 1 aliphatic rings. The van der Waals surface area contributed by atoms with Gasteiger partial charge >= 0.3 is 6.09 Å². The van der Waals surface area contributed by atoms with Crippen LogP contribution in [0.15, 0.2) is 24.4 Å². The minimum atomic E-state index is -0.698. The van der Waals surface area contributed by atoms with Crippen molar-refractivity contribution in [3.05, 3.63) is 45.7 Å². The molecule has 10 nitrogen and oxygen atoms in total. The van der Waals surface area contributed by atoms with Crippen LogP contribution in [0.5, 0.6) is 0 Å². The SMILES string of the molecule is CC(c1ccc(Cl)cc1Cl)n1nc(C(N)=O)c2ncc(N3CCN(C(=O)OC(C)(C)C)CC3)nc21. The number of anilines is 1. The molecule has 1 unspecified atom stereocenters. The van der Waals surface area contributed by atoms with Gasteiger partial charge in [-0.1, -0.05) is 29.3 Å². The van der Waals surface area contributed by atoms with Gasteiger partial charge in [0.15, 0.2) is 11.3 Å². The Hall–Kier alpha value is -3.11. The van der Waals surface area contributed by atoms with Gasteiger partial charge in [0, 0.05) is 36.2 Å². The maximum atomic E-state index is 12.4. The Kier molecular flexibility index (Phi) is 6.79. The third-order valence-corrected chi connectivity index (χ3v) is 6.22. The summed E-state index contributed by atoms with van der Waals surface area (Å²) in [7, 11) is 0. The number of carbonyl (C=O) groups is 2. The zero-order chi connectivity index (χ0) is 25.5. The van der Waals surface area contributed by atoms with Gasteiger partial charge in [0.25, 0.3) is 5.91 Å². The van der Waals surface area contributed by atoms with Crippen molar-refractivity contribution >= 4 is 52.2 Å². The number of rotatable bonds is 4. The van der Waals surface area contributed by atoms with E-state index in [1.165, 1.54) is 0 Å². The average molecular weight is 520 g/mol. The van der Waals surface area contributed by atoms with Crippen LogP contribution in [0.2, 0.25) is 10.0 Å². The Labute approximate surface area is 212 Å². The molecule has 2 amide bonds. The quantitative estimate of drug-likeness (QED) is 0.554. The molecule has 0 saturated carbocycles. The Morgan fingerprint density at radius 1 is 1.14 bits per heavy atom. The van der Waals surface area contributed by atoms with E-state index in [9.17, 15) is 9.59 Å². The summed E-state index contributed by atoms with van der Waals surface area (Å²) in [4.78, 5) is 37.4. The third-order valence-electron chi connectivity index (χ3n) is 5.66. The van der Waals surface area contributed by atoms with Crippen LogP contribution >= 0.6 is 23.2 Å². The summed E-state index contributed by atoms with van der Waals surface area (Å²) in [6, 6.07) is 4.82. The highest BCUT2D eigenvalue weighted by molar-refractivity contribution is 6.35. The standard InChI is InChI=1S/C23H27Cl2N7O3/c1-13(15-6-5-14(24)11-16(15)25)32-21-19(18(29-32)20(26)33)27-12-17(28-21)30-7-9-31(10-8-30)22(34)35-23(2,3)4/h5-6,11-13H,7-10H2,1-4H3,(H2,26,33). The Bertz CT molecular complexity index is 1280. The fraction of sp³-hybridized carbons (Fsp3) is 0.435. The maximum absolute atomic E-state index is 12.4. The van der Waals surface area contributed by atoms with E-state index in [4.69, 9.17) is 38.7 Å². The first-order valence-electron chi connectivity index (χ1n) is 11.2. The van der Waals surface area contributed by atoms with Crippen molar-refractivity contribution < 1.29 is 14.3 Å². The number of benzene rings is 1. The smallest absolute Gasteiger partial charge is 0.410 e. The summed E-state index contributed by atoms with van der Waals surface area (Å²) in [6.45, 7) is 9.48. The summed E-state index contributed by atoms with van der Waals surface area (Å²) in [6.07, 6.45) is 1.25. The van der Waals surface area contributed by atoms with E-state index in [0.29, 0.717) is 53.2 Å². The molecule has 2 aromatic heterocycles. The van der Waals surface area contributed by atoms with Gasteiger partial charge in [-0.2, -0.15) is 5.10 Å². The molecule has 1 aromatic carbocycles. The number of ether oxygens (including phenoxy) is 1. The minimum Gasteiger partial charge on any atom is -0.444 e. The maximum Gasteiger partial charge on any atom is 0.410 e. The fourth-order valence-electron chi connectivity index (χ4n) is 3.90. The monoisotopic (exact) mass is 519 g/mol. The lowest BCUT2D eigenvalue weighted by Gasteiger charge is -2.36. The van der Waals surface area contributed by atoms with Crippen molar-refractivity contribution in [1.82, 2.24) is 24.6 Å². The number of halogens is 2. The molecule has 3 heterocycles. The minimum absolute atomic E-state index is 0.0331. The number of hydrogen-bond acceptors (Lipinski definition) is 7. The molecular weight excluding hydrogens is 493 g/mol. The highest BCUT2D eigenvalue weighted by Crippen LogP contribution is 2.31. The van der Waals surface area contributed by atoms with Crippen molar-refractivity contribution in [2.45, 2.75) is 39.3 Å². The van der Waals surface area contributed by atoms with Crippen LogP contribution in [0.3, 0.4) is 0 Å². The number of carbonyl (C=O) groups excluding carboxylic acids is 2. The van der Waals surface area contributed by atoms with E-state index in [0.717, 1.165) is 5.56 Å². The molecule has 3 aromatic rings. The summed E-state index contributed by atoms with van der Waals surface area (Å²) < 4.78 is 7.06. The number of aromatic nitrogens is 4. The summed E-state index contributed by atoms with van der Waals surface area (Å²) in [5, 5.41) is 5.41. The number of nitrogens with zero attached hydrogens (tertiary/aromatic N) is 6. The van der Waals surface area contributed by atoms with E-state index in [1.807, 2.05) is 32.6 Å². The molecule has 1 aliphatic heterocycles. The highest BCUT2D eigenvalue weighted by atomic mass is 35.5. The van der Waals surface area contributed by atoms with Crippen molar-refractivity contribution in [1.29, 1.82) is 0 Å². The molecule has 1 fully saturated rings. The highest BCUT2D eigenvalue weighted by Gasteiger charge is 2.28. The number of hydrogen-bond donors (Lipinski definition) is 1. The van der Waals surface area contributed by atoms with E-state index in [2.05, 4.69) is 10.1 Å². The van der Waals surface area contributed by atoms with Crippen LogP contribution < -0.4 is 10.6 Å². The second-order valence-corrected chi connectivity index (χ2v) is 10.2. The van der Waals surface area contributed by atoms with Gasteiger partial charge in [0.1, 0.15) is 16.9 Å². The van der Waals surface area contributed by atoms with Gasteiger partial charge in [-0.3, -0.25) is 4.79 Å². The van der Waals surface area contributed by atoms with Crippen molar-refractivity contribution in [2.24, 2.45) is 5.73 Å². The molecule has 186 valence electrons. The summed E-state index contributed by atoms with van der Waals surface area (Å²) in [5.74, 6) is -0.0934. The predicted octanol–water partition coefficient (Wildman–Crippen LogP) is 3.90. The molecule has 0 spiro atoms. The van der Waals surface area contributed by atoms with E-state index in [-0.39, 0.29) is 17.8 Å². The number of piperazine rings is 1. The normalized spacial score (nSPS) is 15.4.